The molecule has 1 aromatic rings. The Bertz CT molecular complexity index is 481. The van der Waals surface area contributed by atoms with Gasteiger partial charge in [-0.25, -0.2) is 12.8 Å². The first-order valence-electron chi connectivity index (χ1n) is 5.36. The van der Waals surface area contributed by atoms with E-state index in [1.165, 1.54) is 12.1 Å². The summed E-state index contributed by atoms with van der Waals surface area (Å²) in [5.41, 5.74) is 0.654. The molecule has 0 atom stereocenters. The van der Waals surface area contributed by atoms with E-state index in [4.69, 9.17) is 0 Å². The quantitative estimate of drug-likeness (QED) is 0.852. The van der Waals surface area contributed by atoms with Crippen LogP contribution >= 0.6 is 0 Å². The number of phenols is 1. The van der Waals surface area contributed by atoms with E-state index >= 15 is 0 Å². The average Bonchev–Trinajstić information content (AvgIpc) is 2.20. The monoisotopic (exact) mass is 259 g/mol. The molecule has 0 radical (unpaired) electrons. The number of halogens is 1. The van der Waals surface area contributed by atoms with E-state index in [0.717, 1.165) is 6.07 Å². The maximum atomic E-state index is 13.0. The molecule has 4 nitrogen and oxygen atoms in total. The number of rotatable bonds is 2. The lowest BCUT2D eigenvalue weighted by Gasteiger charge is -2.26. The van der Waals surface area contributed by atoms with E-state index in [0.29, 0.717) is 25.2 Å². The average molecular weight is 259 g/mol. The fourth-order valence-electron chi connectivity index (χ4n) is 1.89. The molecule has 1 aliphatic rings. The van der Waals surface area contributed by atoms with Crippen molar-refractivity contribution in [1.29, 1.82) is 0 Å². The number of aromatic hydroxyl groups is 1. The first-order valence-corrected chi connectivity index (χ1v) is 7.18. The van der Waals surface area contributed by atoms with E-state index in [1.54, 1.807) is 0 Å². The largest absolute Gasteiger partial charge is 0.508 e. The molecule has 1 saturated heterocycles. The van der Waals surface area contributed by atoms with E-state index in [9.17, 15) is 17.9 Å². The summed E-state index contributed by atoms with van der Waals surface area (Å²) in [6.07, 6.45) is 0. The number of benzene rings is 1. The summed E-state index contributed by atoms with van der Waals surface area (Å²) >= 11 is 0. The molecule has 1 N–H and O–H groups in total. The van der Waals surface area contributed by atoms with Crippen molar-refractivity contribution in [1.82, 2.24) is 4.90 Å². The molecule has 0 aromatic heterocycles. The van der Waals surface area contributed by atoms with E-state index < -0.39 is 15.7 Å². The number of phenolic OH excluding ortho intramolecular Hbond substituents is 1. The highest BCUT2D eigenvalue weighted by Gasteiger charge is 2.21. The summed E-state index contributed by atoms with van der Waals surface area (Å²) in [4.78, 5) is 1.94. The van der Waals surface area contributed by atoms with Gasteiger partial charge in [-0.1, -0.05) is 0 Å². The number of hydrogen-bond acceptors (Lipinski definition) is 4. The zero-order valence-corrected chi connectivity index (χ0v) is 10.1. The van der Waals surface area contributed by atoms with Gasteiger partial charge in [0.2, 0.25) is 0 Å². The maximum absolute atomic E-state index is 13.0. The van der Waals surface area contributed by atoms with Gasteiger partial charge in [0, 0.05) is 25.7 Å². The molecule has 0 amide bonds. The Labute approximate surface area is 99.6 Å². The minimum Gasteiger partial charge on any atom is -0.508 e. The summed E-state index contributed by atoms with van der Waals surface area (Å²) in [5.74, 6) is -0.294. The smallest absolute Gasteiger partial charge is 0.152 e. The molecule has 0 spiro atoms. The molecule has 1 heterocycles. The van der Waals surface area contributed by atoms with Crippen LogP contribution in [-0.4, -0.2) is 43.0 Å². The molecule has 6 heteroatoms. The number of nitrogens with zero attached hydrogens (tertiary/aromatic N) is 1. The fourth-order valence-corrected chi connectivity index (χ4v) is 3.17. The summed E-state index contributed by atoms with van der Waals surface area (Å²) in [6, 6.07) is 3.89. The van der Waals surface area contributed by atoms with Crippen LogP contribution in [0.4, 0.5) is 4.39 Å². The van der Waals surface area contributed by atoms with E-state index in [-0.39, 0.29) is 17.3 Å². The first kappa shape index (κ1) is 12.3. The molecule has 0 aliphatic carbocycles. The van der Waals surface area contributed by atoms with Crippen LogP contribution in [0.3, 0.4) is 0 Å². The van der Waals surface area contributed by atoms with Gasteiger partial charge >= 0.3 is 0 Å². The Morgan fingerprint density at radius 1 is 1.24 bits per heavy atom. The molecule has 2 rings (SSSR count). The predicted molar refractivity (Wildman–Crippen MR) is 62.0 cm³/mol. The molecule has 1 fully saturated rings. The lowest BCUT2D eigenvalue weighted by atomic mass is 10.2. The number of hydrogen-bond donors (Lipinski definition) is 1. The van der Waals surface area contributed by atoms with Crippen LogP contribution < -0.4 is 0 Å². The van der Waals surface area contributed by atoms with Crippen molar-refractivity contribution in [3.8, 4) is 5.75 Å². The van der Waals surface area contributed by atoms with Crippen LogP contribution in [0.15, 0.2) is 18.2 Å². The molecule has 1 aliphatic heterocycles. The Morgan fingerprint density at radius 2 is 1.88 bits per heavy atom. The first-order chi connectivity index (χ1) is 7.94. The summed E-state index contributed by atoms with van der Waals surface area (Å²) in [5, 5.41) is 9.25. The summed E-state index contributed by atoms with van der Waals surface area (Å²) < 4.78 is 35.5. The van der Waals surface area contributed by atoms with E-state index in [1.807, 2.05) is 4.90 Å². The SMILES string of the molecule is O=S1(=O)CCN(Cc2cc(O)cc(F)c2)CC1. The zero-order valence-electron chi connectivity index (χ0n) is 9.26. The van der Waals surface area contributed by atoms with Crippen molar-refractivity contribution in [3.05, 3.63) is 29.6 Å². The normalized spacial score (nSPS) is 20.3. The van der Waals surface area contributed by atoms with Crippen LogP contribution in [0.1, 0.15) is 5.56 Å². The van der Waals surface area contributed by atoms with Gasteiger partial charge in [-0.15, -0.1) is 0 Å². The van der Waals surface area contributed by atoms with Crippen molar-refractivity contribution < 1.29 is 17.9 Å². The molecular weight excluding hydrogens is 245 g/mol. The van der Waals surface area contributed by atoms with Gasteiger partial charge in [0.15, 0.2) is 9.84 Å². The highest BCUT2D eigenvalue weighted by Crippen LogP contribution is 2.17. The Kier molecular flexibility index (Phi) is 3.35. The lowest BCUT2D eigenvalue weighted by Crippen LogP contribution is -2.39. The molecule has 94 valence electrons. The van der Waals surface area contributed by atoms with Gasteiger partial charge in [0.05, 0.1) is 11.5 Å². The van der Waals surface area contributed by atoms with E-state index in [2.05, 4.69) is 0 Å². The van der Waals surface area contributed by atoms with Crippen molar-refractivity contribution >= 4 is 9.84 Å². The topological polar surface area (TPSA) is 57.6 Å². The second kappa shape index (κ2) is 4.62. The van der Waals surface area contributed by atoms with Crippen LogP contribution in [0.5, 0.6) is 5.75 Å². The lowest BCUT2D eigenvalue weighted by molar-refractivity contribution is 0.286. The highest BCUT2D eigenvalue weighted by molar-refractivity contribution is 7.91. The number of sulfone groups is 1. The molecule has 0 bridgehead atoms. The summed E-state index contributed by atoms with van der Waals surface area (Å²) in [7, 11) is -2.89. The van der Waals surface area contributed by atoms with Gasteiger partial charge in [0.25, 0.3) is 0 Å². The van der Waals surface area contributed by atoms with Gasteiger partial charge in [-0.3, -0.25) is 4.90 Å². The fraction of sp³-hybridized carbons (Fsp3) is 0.455. The van der Waals surface area contributed by atoms with Crippen molar-refractivity contribution in [2.45, 2.75) is 6.54 Å². The molecule has 1 aromatic carbocycles. The van der Waals surface area contributed by atoms with Gasteiger partial charge in [-0.05, 0) is 17.7 Å². The molecule has 0 saturated carbocycles. The summed E-state index contributed by atoms with van der Waals surface area (Å²) in [6.45, 7) is 1.38. The second-order valence-electron chi connectivity index (χ2n) is 4.25. The van der Waals surface area contributed by atoms with Gasteiger partial charge in [-0.2, -0.15) is 0 Å². The van der Waals surface area contributed by atoms with Crippen molar-refractivity contribution in [3.63, 3.8) is 0 Å². The Balaban J connectivity index is 2.02. The highest BCUT2D eigenvalue weighted by atomic mass is 32.2. The molecule has 17 heavy (non-hydrogen) atoms. The molecule has 0 unspecified atom stereocenters. The van der Waals surface area contributed by atoms with Crippen molar-refractivity contribution in [2.24, 2.45) is 0 Å². The van der Waals surface area contributed by atoms with Crippen LogP contribution in [0, 0.1) is 5.82 Å². The minimum atomic E-state index is -2.89. The third-order valence-electron chi connectivity index (χ3n) is 2.79. The van der Waals surface area contributed by atoms with Gasteiger partial charge < -0.3 is 5.11 Å². The van der Waals surface area contributed by atoms with Gasteiger partial charge in [0.1, 0.15) is 11.6 Å². The van der Waals surface area contributed by atoms with Crippen LogP contribution in [0.2, 0.25) is 0 Å². The Hall–Kier alpha value is -1.14. The standard InChI is InChI=1S/C11H14FNO3S/c12-10-5-9(6-11(14)7-10)8-13-1-3-17(15,16)4-2-13/h5-7,14H,1-4,8H2. The minimum absolute atomic E-state index is 0.107. The predicted octanol–water partition coefficient (Wildman–Crippen LogP) is 0.762. The third kappa shape index (κ3) is 3.41. The maximum Gasteiger partial charge on any atom is 0.152 e. The second-order valence-corrected chi connectivity index (χ2v) is 6.55. The third-order valence-corrected chi connectivity index (χ3v) is 4.39. The van der Waals surface area contributed by atoms with Crippen LogP contribution in [0.25, 0.3) is 0 Å². The zero-order chi connectivity index (χ0) is 12.5. The van der Waals surface area contributed by atoms with Crippen LogP contribution in [-0.2, 0) is 16.4 Å². The molecular formula is C11H14FNO3S. The Morgan fingerprint density at radius 3 is 2.47 bits per heavy atom. The van der Waals surface area contributed by atoms with Crippen molar-refractivity contribution in [2.75, 3.05) is 24.6 Å².